The minimum atomic E-state index is -3.65. The van der Waals surface area contributed by atoms with E-state index in [2.05, 4.69) is 4.72 Å². The molecule has 0 saturated heterocycles. The number of aryl methyl sites for hydroxylation is 4. The summed E-state index contributed by atoms with van der Waals surface area (Å²) in [6.45, 7) is 7.50. The summed E-state index contributed by atoms with van der Waals surface area (Å²) < 4.78 is 27.7. The van der Waals surface area contributed by atoms with Crippen LogP contribution in [0.1, 0.15) is 22.3 Å². The second kappa shape index (κ2) is 5.41. The third-order valence-electron chi connectivity index (χ3n) is 3.54. The number of nitrogens with one attached hydrogen (secondary N) is 1. The van der Waals surface area contributed by atoms with Crippen molar-refractivity contribution in [2.24, 2.45) is 0 Å². The van der Waals surface area contributed by atoms with Gasteiger partial charge in [0.05, 0.1) is 16.3 Å². The maximum absolute atomic E-state index is 12.6. The second-order valence-corrected chi connectivity index (χ2v) is 7.05. The summed E-state index contributed by atoms with van der Waals surface area (Å²) in [6, 6.07) is 8.88. The summed E-state index contributed by atoms with van der Waals surface area (Å²) in [5, 5.41) is 0. The Balaban J connectivity index is 2.47. The van der Waals surface area contributed by atoms with Crippen molar-refractivity contribution in [2.75, 3.05) is 10.5 Å². The first kappa shape index (κ1) is 15.4. The van der Waals surface area contributed by atoms with Gasteiger partial charge >= 0.3 is 0 Å². The highest BCUT2D eigenvalue weighted by Gasteiger charge is 2.18. The van der Waals surface area contributed by atoms with Crippen LogP contribution in [-0.4, -0.2) is 8.42 Å². The van der Waals surface area contributed by atoms with E-state index >= 15 is 0 Å². The minimum absolute atomic E-state index is 0.278. The van der Waals surface area contributed by atoms with Crippen LogP contribution in [0.5, 0.6) is 0 Å². The molecular formula is C16H20N2O2S. The predicted octanol–water partition coefficient (Wildman–Crippen LogP) is 3.30. The van der Waals surface area contributed by atoms with Gasteiger partial charge in [0.1, 0.15) is 0 Å². The number of nitrogens with two attached hydrogens (primary N) is 1. The minimum Gasteiger partial charge on any atom is -0.397 e. The van der Waals surface area contributed by atoms with Crippen LogP contribution in [0, 0.1) is 27.7 Å². The van der Waals surface area contributed by atoms with Crippen molar-refractivity contribution in [3.05, 3.63) is 52.6 Å². The standard InChI is InChI=1S/C16H20N2O2S/c1-10-5-6-11(2)16(7-10)21(19,20)18-15-9-13(4)12(3)8-14(15)17/h5-9,18H,17H2,1-4H3. The maximum atomic E-state index is 12.6. The van der Waals surface area contributed by atoms with Crippen LogP contribution in [-0.2, 0) is 10.0 Å². The molecule has 0 radical (unpaired) electrons. The third-order valence-corrected chi connectivity index (χ3v) is 5.05. The Bertz CT molecular complexity index is 796. The summed E-state index contributed by atoms with van der Waals surface area (Å²) in [7, 11) is -3.65. The molecule has 2 rings (SSSR count). The van der Waals surface area contributed by atoms with Gasteiger partial charge in [-0.2, -0.15) is 0 Å². The third kappa shape index (κ3) is 3.19. The van der Waals surface area contributed by atoms with E-state index in [0.717, 1.165) is 16.7 Å². The van der Waals surface area contributed by atoms with Gasteiger partial charge in [-0.15, -0.1) is 0 Å². The first-order chi connectivity index (χ1) is 9.70. The molecule has 0 spiro atoms. The van der Waals surface area contributed by atoms with Crippen molar-refractivity contribution < 1.29 is 8.42 Å². The van der Waals surface area contributed by atoms with Crippen LogP contribution in [0.2, 0.25) is 0 Å². The average molecular weight is 304 g/mol. The van der Waals surface area contributed by atoms with E-state index in [-0.39, 0.29) is 4.90 Å². The fourth-order valence-electron chi connectivity index (χ4n) is 2.12. The van der Waals surface area contributed by atoms with Crippen molar-refractivity contribution in [3.63, 3.8) is 0 Å². The molecular weight excluding hydrogens is 284 g/mol. The largest absolute Gasteiger partial charge is 0.397 e. The Kier molecular flexibility index (Phi) is 3.96. The van der Waals surface area contributed by atoms with E-state index < -0.39 is 10.0 Å². The normalized spacial score (nSPS) is 11.4. The van der Waals surface area contributed by atoms with Gasteiger partial charge in [0.15, 0.2) is 0 Å². The number of benzene rings is 2. The van der Waals surface area contributed by atoms with E-state index in [1.165, 1.54) is 0 Å². The second-order valence-electron chi connectivity index (χ2n) is 5.40. The van der Waals surface area contributed by atoms with E-state index in [1.54, 1.807) is 31.2 Å². The molecule has 0 unspecified atom stereocenters. The number of rotatable bonds is 3. The average Bonchev–Trinajstić information content (AvgIpc) is 2.38. The Labute approximate surface area is 126 Å². The molecule has 0 aromatic heterocycles. The van der Waals surface area contributed by atoms with E-state index in [1.807, 2.05) is 26.8 Å². The van der Waals surface area contributed by atoms with Crippen LogP contribution < -0.4 is 10.5 Å². The molecule has 112 valence electrons. The van der Waals surface area contributed by atoms with Crippen LogP contribution in [0.15, 0.2) is 35.2 Å². The van der Waals surface area contributed by atoms with Crippen LogP contribution in [0.3, 0.4) is 0 Å². The monoisotopic (exact) mass is 304 g/mol. The van der Waals surface area contributed by atoms with Crippen LogP contribution in [0.25, 0.3) is 0 Å². The van der Waals surface area contributed by atoms with Gasteiger partial charge in [-0.1, -0.05) is 12.1 Å². The zero-order valence-electron chi connectivity index (χ0n) is 12.7. The van der Waals surface area contributed by atoms with Crippen molar-refractivity contribution >= 4 is 21.4 Å². The van der Waals surface area contributed by atoms with Crippen LogP contribution in [0.4, 0.5) is 11.4 Å². The van der Waals surface area contributed by atoms with Crippen molar-refractivity contribution in [3.8, 4) is 0 Å². The molecule has 0 atom stereocenters. The molecule has 3 N–H and O–H groups in total. The summed E-state index contributed by atoms with van der Waals surface area (Å²) in [6.07, 6.45) is 0. The zero-order chi connectivity index (χ0) is 15.8. The molecule has 0 fully saturated rings. The lowest BCUT2D eigenvalue weighted by atomic mass is 10.1. The molecule has 2 aromatic rings. The van der Waals surface area contributed by atoms with Gasteiger partial charge in [0.2, 0.25) is 0 Å². The van der Waals surface area contributed by atoms with Crippen molar-refractivity contribution in [1.29, 1.82) is 0 Å². The van der Waals surface area contributed by atoms with E-state index in [4.69, 9.17) is 5.73 Å². The zero-order valence-corrected chi connectivity index (χ0v) is 13.5. The lowest BCUT2D eigenvalue weighted by Crippen LogP contribution is -2.15. The van der Waals surface area contributed by atoms with Crippen molar-refractivity contribution in [1.82, 2.24) is 0 Å². The lowest BCUT2D eigenvalue weighted by Gasteiger charge is -2.14. The molecule has 0 amide bonds. The highest BCUT2D eigenvalue weighted by Crippen LogP contribution is 2.27. The Morgan fingerprint density at radius 3 is 2.19 bits per heavy atom. The molecule has 0 heterocycles. The Morgan fingerprint density at radius 2 is 1.52 bits per heavy atom. The molecule has 0 aliphatic rings. The topological polar surface area (TPSA) is 72.2 Å². The number of hydrogen-bond donors (Lipinski definition) is 2. The fourth-order valence-corrected chi connectivity index (χ4v) is 3.53. The SMILES string of the molecule is Cc1ccc(C)c(S(=O)(=O)Nc2cc(C)c(C)cc2N)c1. The Hall–Kier alpha value is -2.01. The lowest BCUT2D eigenvalue weighted by molar-refractivity contribution is 0.600. The number of sulfonamides is 1. The van der Waals surface area contributed by atoms with Crippen molar-refractivity contribution in [2.45, 2.75) is 32.6 Å². The highest BCUT2D eigenvalue weighted by atomic mass is 32.2. The molecule has 0 saturated carbocycles. The molecule has 5 heteroatoms. The van der Waals surface area contributed by atoms with E-state index in [0.29, 0.717) is 16.9 Å². The first-order valence-electron chi connectivity index (χ1n) is 6.67. The number of hydrogen-bond acceptors (Lipinski definition) is 3. The number of nitrogen functional groups attached to an aromatic ring is 1. The molecule has 0 bridgehead atoms. The summed E-state index contributed by atoms with van der Waals surface area (Å²) in [5.41, 5.74) is 10.4. The van der Waals surface area contributed by atoms with E-state index in [9.17, 15) is 8.42 Å². The van der Waals surface area contributed by atoms with Gasteiger partial charge in [-0.25, -0.2) is 8.42 Å². The predicted molar refractivity (Wildman–Crippen MR) is 87.1 cm³/mol. The van der Waals surface area contributed by atoms with Gasteiger partial charge in [0.25, 0.3) is 10.0 Å². The van der Waals surface area contributed by atoms with Gasteiger partial charge in [0, 0.05) is 0 Å². The molecule has 0 aliphatic heterocycles. The van der Waals surface area contributed by atoms with Gasteiger partial charge < -0.3 is 5.73 Å². The molecule has 4 nitrogen and oxygen atoms in total. The Morgan fingerprint density at radius 1 is 0.905 bits per heavy atom. The van der Waals surface area contributed by atoms with Crippen LogP contribution >= 0.6 is 0 Å². The summed E-state index contributed by atoms with van der Waals surface area (Å²) >= 11 is 0. The van der Waals surface area contributed by atoms with Gasteiger partial charge in [-0.05, 0) is 68.1 Å². The molecule has 21 heavy (non-hydrogen) atoms. The molecule has 2 aromatic carbocycles. The maximum Gasteiger partial charge on any atom is 0.262 e. The first-order valence-corrected chi connectivity index (χ1v) is 8.16. The van der Waals surface area contributed by atoms with Gasteiger partial charge in [-0.3, -0.25) is 4.72 Å². The fraction of sp³-hybridized carbons (Fsp3) is 0.250. The smallest absolute Gasteiger partial charge is 0.262 e. The highest BCUT2D eigenvalue weighted by molar-refractivity contribution is 7.92. The summed E-state index contributed by atoms with van der Waals surface area (Å²) in [5.74, 6) is 0. The summed E-state index contributed by atoms with van der Waals surface area (Å²) in [4.78, 5) is 0.278. The number of anilines is 2. The quantitative estimate of drug-likeness (QED) is 0.855. The molecule has 0 aliphatic carbocycles.